The van der Waals surface area contributed by atoms with Crippen LogP contribution in [-0.4, -0.2) is 0 Å². The molecular weight excluding hydrogens is 324 g/mol. The topological polar surface area (TPSA) is 0 Å². The maximum absolute atomic E-state index is 4.66. The number of hydrogen-bond donors (Lipinski definition) is 0. The minimum atomic E-state index is 0.578. The molecule has 4 fully saturated rings. The molecule has 0 bridgehead atoms. The van der Waals surface area contributed by atoms with Gasteiger partial charge >= 0.3 is 0 Å². The molecule has 0 aromatic carbocycles. The second-order valence-corrected chi connectivity index (χ2v) is 11.7. The average Bonchev–Trinajstić information content (AvgIpc) is 2.95. The van der Waals surface area contributed by atoms with Crippen molar-refractivity contribution in [3.05, 3.63) is 24.3 Å². The van der Waals surface area contributed by atoms with E-state index in [1.807, 2.05) is 0 Å². The third kappa shape index (κ3) is 3.28. The Morgan fingerprint density at radius 1 is 0.963 bits per heavy atom. The van der Waals surface area contributed by atoms with Gasteiger partial charge in [-0.15, -0.1) is 0 Å². The molecule has 0 aromatic heterocycles. The van der Waals surface area contributed by atoms with Gasteiger partial charge in [-0.3, -0.25) is 0 Å². The first kappa shape index (κ1) is 19.8. The van der Waals surface area contributed by atoms with Gasteiger partial charge < -0.3 is 0 Å². The normalized spacial score (nSPS) is 47.1. The van der Waals surface area contributed by atoms with Crippen LogP contribution in [0.25, 0.3) is 0 Å². The summed E-state index contributed by atoms with van der Waals surface area (Å²) in [5.74, 6) is 5.46. The van der Waals surface area contributed by atoms with E-state index in [2.05, 4.69) is 46.4 Å². The minimum absolute atomic E-state index is 0.578. The Morgan fingerprint density at radius 2 is 1.74 bits per heavy atom. The van der Waals surface area contributed by atoms with Gasteiger partial charge in [0.05, 0.1) is 0 Å². The molecule has 0 nitrogen and oxygen atoms in total. The molecule has 0 aliphatic heterocycles. The second-order valence-electron chi connectivity index (χ2n) is 11.7. The molecule has 4 rings (SSSR count). The lowest BCUT2D eigenvalue weighted by Crippen LogP contribution is -2.53. The van der Waals surface area contributed by atoms with Gasteiger partial charge in [0.1, 0.15) is 0 Å². The number of fused-ring (bicyclic) bond motifs is 5. The zero-order chi connectivity index (χ0) is 19.2. The lowest BCUT2D eigenvalue weighted by Gasteiger charge is -2.61. The number of allylic oxidation sites excluding steroid dienone is 3. The van der Waals surface area contributed by atoms with Gasteiger partial charge in [-0.05, 0) is 104 Å². The summed E-state index contributed by atoms with van der Waals surface area (Å²) < 4.78 is 0. The predicted molar refractivity (Wildman–Crippen MR) is 118 cm³/mol. The molecular formula is C27H44. The van der Waals surface area contributed by atoms with Gasteiger partial charge in [0, 0.05) is 0 Å². The van der Waals surface area contributed by atoms with Gasteiger partial charge in [-0.1, -0.05) is 64.8 Å². The summed E-state index contributed by atoms with van der Waals surface area (Å²) in [6.07, 6.45) is 20.7. The van der Waals surface area contributed by atoms with E-state index in [9.17, 15) is 0 Å². The van der Waals surface area contributed by atoms with E-state index < -0.39 is 0 Å². The Hall–Kier alpha value is -0.520. The first-order valence-electron chi connectivity index (χ1n) is 12.2. The largest absolute Gasteiger partial charge is 0.0995 e. The fraction of sp³-hybridized carbons (Fsp3) is 0.852. The summed E-state index contributed by atoms with van der Waals surface area (Å²) in [5.41, 5.74) is 2.82. The van der Waals surface area contributed by atoms with Crippen LogP contribution in [0.3, 0.4) is 0 Å². The SMILES string of the molecule is C=C1CC2C3CCC(C/C=C/CC(C)C)C3(C)CCC2C2(C)CCCCC12. The summed E-state index contributed by atoms with van der Waals surface area (Å²) in [7, 11) is 0. The van der Waals surface area contributed by atoms with E-state index in [1.54, 1.807) is 5.57 Å². The molecule has 0 spiro atoms. The molecule has 152 valence electrons. The van der Waals surface area contributed by atoms with Crippen LogP contribution in [0.2, 0.25) is 0 Å². The van der Waals surface area contributed by atoms with Crippen LogP contribution in [0.5, 0.6) is 0 Å². The highest BCUT2D eigenvalue weighted by Crippen LogP contribution is 2.68. The van der Waals surface area contributed by atoms with E-state index in [0.29, 0.717) is 10.8 Å². The second kappa shape index (κ2) is 7.38. The number of rotatable bonds is 4. The minimum Gasteiger partial charge on any atom is -0.0995 e. The molecule has 0 aromatic rings. The van der Waals surface area contributed by atoms with E-state index in [-0.39, 0.29) is 0 Å². The Bertz CT molecular complexity index is 583. The summed E-state index contributed by atoms with van der Waals surface area (Å²) in [5, 5.41) is 0. The van der Waals surface area contributed by atoms with E-state index in [0.717, 1.165) is 35.5 Å². The summed E-state index contributed by atoms with van der Waals surface area (Å²) in [4.78, 5) is 0. The van der Waals surface area contributed by atoms with Crippen LogP contribution in [-0.2, 0) is 0 Å². The van der Waals surface area contributed by atoms with Gasteiger partial charge in [0.2, 0.25) is 0 Å². The molecule has 0 amide bonds. The van der Waals surface area contributed by atoms with E-state index in [1.165, 1.54) is 70.6 Å². The lowest BCUT2D eigenvalue weighted by atomic mass is 9.44. The average molecular weight is 369 g/mol. The van der Waals surface area contributed by atoms with Crippen LogP contribution in [0.1, 0.15) is 98.3 Å². The van der Waals surface area contributed by atoms with Gasteiger partial charge in [0.15, 0.2) is 0 Å². The quantitative estimate of drug-likeness (QED) is 0.439. The highest BCUT2D eigenvalue weighted by molar-refractivity contribution is 5.19. The monoisotopic (exact) mass is 368 g/mol. The summed E-state index contributed by atoms with van der Waals surface area (Å²) in [6, 6.07) is 0. The van der Waals surface area contributed by atoms with Crippen molar-refractivity contribution in [3.63, 3.8) is 0 Å². The Kier molecular flexibility index (Phi) is 5.41. The van der Waals surface area contributed by atoms with Crippen LogP contribution in [0, 0.1) is 46.3 Å². The van der Waals surface area contributed by atoms with Crippen molar-refractivity contribution in [2.45, 2.75) is 98.3 Å². The van der Waals surface area contributed by atoms with Crippen LogP contribution >= 0.6 is 0 Å². The van der Waals surface area contributed by atoms with Gasteiger partial charge in [-0.25, -0.2) is 0 Å². The lowest BCUT2D eigenvalue weighted by molar-refractivity contribution is -0.0888. The summed E-state index contributed by atoms with van der Waals surface area (Å²) >= 11 is 0. The van der Waals surface area contributed by atoms with Crippen LogP contribution in [0.15, 0.2) is 24.3 Å². The first-order valence-corrected chi connectivity index (χ1v) is 12.2. The molecule has 4 aliphatic carbocycles. The van der Waals surface area contributed by atoms with E-state index >= 15 is 0 Å². The summed E-state index contributed by atoms with van der Waals surface area (Å²) in [6.45, 7) is 14.7. The highest BCUT2D eigenvalue weighted by atomic mass is 14.6. The Morgan fingerprint density at radius 3 is 2.52 bits per heavy atom. The van der Waals surface area contributed by atoms with Crippen molar-refractivity contribution in [1.82, 2.24) is 0 Å². The Balaban J connectivity index is 1.51. The molecule has 4 aliphatic rings. The van der Waals surface area contributed by atoms with Crippen molar-refractivity contribution in [1.29, 1.82) is 0 Å². The molecule has 27 heavy (non-hydrogen) atoms. The molecule has 7 unspecified atom stereocenters. The van der Waals surface area contributed by atoms with Crippen LogP contribution in [0.4, 0.5) is 0 Å². The first-order chi connectivity index (χ1) is 12.9. The molecule has 0 radical (unpaired) electrons. The molecule has 0 saturated heterocycles. The highest BCUT2D eigenvalue weighted by Gasteiger charge is 2.59. The van der Waals surface area contributed by atoms with Crippen molar-refractivity contribution in [3.8, 4) is 0 Å². The fourth-order valence-electron chi connectivity index (χ4n) is 8.43. The molecule has 0 N–H and O–H groups in total. The Labute approximate surface area is 169 Å². The standard InChI is InChI=1S/C27H44/c1-19(2)10-6-7-11-21-13-14-24-22-18-20(3)23-12-8-9-16-27(23,5)25(22)15-17-26(21,24)4/h6-7,19,21-25H,3,8-18H2,1-2,4-5H3/b7-6+. The smallest absolute Gasteiger partial charge is 0.0149 e. The number of hydrogen-bond acceptors (Lipinski definition) is 0. The van der Waals surface area contributed by atoms with Gasteiger partial charge in [-0.2, -0.15) is 0 Å². The zero-order valence-electron chi connectivity index (χ0n) is 18.6. The molecule has 0 heterocycles. The third-order valence-electron chi connectivity index (χ3n) is 9.92. The van der Waals surface area contributed by atoms with Crippen molar-refractivity contribution in [2.24, 2.45) is 46.3 Å². The maximum atomic E-state index is 4.66. The predicted octanol–water partition coefficient (Wildman–Crippen LogP) is 8.19. The maximum Gasteiger partial charge on any atom is -0.0149 e. The fourth-order valence-corrected chi connectivity index (χ4v) is 8.43. The zero-order valence-corrected chi connectivity index (χ0v) is 18.6. The van der Waals surface area contributed by atoms with Crippen molar-refractivity contribution < 1.29 is 0 Å². The van der Waals surface area contributed by atoms with Crippen molar-refractivity contribution >= 4 is 0 Å². The molecule has 7 atom stereocenters. The third-order valence-corrected chi connectivity index (χ3v) is 9.92. The van der Waals surface area contributed by atoms with E-state index in [4.69, 9.17) is 0 Å². The van der Waals surface area contributed by atoms with Gasteiger partial charge in [0.25, 0.3) is 0 Å². The van der Waals surface area contributed by atoms with Crippen LogP contribution < -0.4 is 0 Å². The molecule has 4 saturated carbocycles. The molecule has 0 heteroatoms. The van der Waals surface area contributed by atoms with Crippen molar-refractivity contribution in [2.75, 3.05) is 0 Å².